The predicted octanol–water partition coefficient (Wildman–Crippen LogP) is 0.162. The summed E-state index contributed by atoms with van der Waals surface area (Å²) in [7, 11) is 1.68. The second-order valence-electron chi connectivity index (χ2n) is 4.84. The van der Waals surface area contributed by atoms with E-state index in [1.54, 1.807) is 37.4 Å². The molecule has 0 saturated heterocycles. The number of hydrogen-bond acceptors (Lipinski definition) is 7. The molecule has 110 valence electrons. The van der Waals surface area contributed by atoms with Crippen LogP contribution in [0.4, 0.5) is 0 Å². The second kappa shape index (κ2) is 8.47. The van der Waals surface area contributed by atoms with Gasteiger partial charge in [-0.15, -0.1) is 5.10 Å². The first-order chi connectivity index (χ1) is 9.03. The summed E-state index contributed by atoms with van der Waals surface area (Å²) in [6.45, 7) is 6.64. The van der Waals surface area contributed by atoms with Crippen LogP contribution in [0.25, 0.3) is 0 Å². The van der Waals surface area contributed by atoms with Crippen LogP contribution in [-0.4, -0.2) is 63.5 Å². The van der Waals surface area contributed by atoms with Crippen LogP contribution < -0.4 is 5.32 Å². The largest absolute Gasteiger partial charge is 0.390 e. The monoisotopic (exact) mass is 289 g/mol. The van der Waals surface area contributed by atoms with E-state index in [2.05, 4.69) is 20.8 Å². The predicted molar refractivity (Wildman–Crippen MR) is 74.2 cm³/mol. The maximum Gasteiger partial charge on any atom is 0.209 e. The summed E-state index contributed by atoms with van der Waals surface area (Å²) in [4.78, 5) is 0. The third kappa shape index (κ3) is 7.46. The van der Waals surface area contributed by atoms with E-state index in [1.165, 1.54) is 0 Å². The Morgan fingerprint density at radius 1 is 1.42 bits per heavy atom. The lowest BCUT2D eigenvalue weighted by atomic mass is 10.1. The van der Waals surface area contributed by atoms with Gasteiger partial charge in [0.15, 0.2) is 0 Å². The highest BCUT2D eigenvalue weighted by atomic mass is 32.2. The van der Waals surface area contributed by atoms with Crippen LogP contribution in [0.15, 0.2) is 5.16 Å². The molecule has 1 heterocycles. The van der Waals surface area contributed by atoms with Gasteiger partial charge in [0.2, 0.25) is 5.16 Å². The Balaban J connectivity index is 2.26. The Labute approximate surface area is 118 Å². The molecular weight excluding hydrogens is 266 g/mol. The van der Waals surface area contributed by atoms with E-state index in [-0.39, 0.29) is 0 Å². The van der Waals surface area contributed by atoms with Gasteiger partial charge in [-0.1, -0.05) is 11.8 Å². The highest BCUT2D eigenvalue weighted by molar-refractivity contribution is 7.99. The van der Waals surface area contributed by atoms with E-state index in [9.17, 15) is 5.11 Å². The number of nitrogens with zero attached hydrogens (tertiary/aromatic N) is 4. The lowest BCUT2D eigenvalue weighted by molar-refractivity contribution is 0.0777. The van der Waals surface area contributed by atoms with Crippen molar-refractivity contribution >= 4 is 11.8 Å². The van der Waals surface area contributed by atoms with Crippen LogP contribution in [0.5, 0.6) is 0 Å². The molecule has 19 heavy (non-hydrogen) atoms. The van der Waals surface area contributed by atoms with Crippen LogP contribution in [-0.2, 0) is 11.3 Å². The molecule has 1 aromatic heterocycles. The molecule has 1 rings (SSSR count). The number of aromatic nitrogens is 4. The minimum Gasteiger partial charge on any atom is -0.390 e. The SMILES string of the molecule is COCCNCCn1nnnc1SCCC(C)(C)O. The molecule has 0 aromatic carbocycles. The Morgan fingerprint density at radius 3 is 2.89 bits per heavy atom. The number of nitrogens with one attached hydrogen (secondary N) is 1. The molecule has 0 radical (unpaired) electrons. The maximum absolute atomic E-state index is 9.65. The van der Waals surface area contributed by atoms with Crippen molar-refractivity contribution in [3.05, 3.63) is 0 Å². The van der Waals surface area contributed by atoms with Gasteiger partial charge in [0.05, 0.1) is 18.8 Å². The zero-order chi connectivity index (χ0) is 14.1. The fraction of sp³-hybridized carbons (Fsp3) is 0.909. The van der Waals surface area contributed by atoms with Crippen molar-refractivity contribution in [1.29, 1.82) is 0 Å². The molecule has 1 aromatic rings. The molecule has 2 N–H and O–H groups in total. The maximum atomic E-state index is 9.65. The summed E-state index contributed by atoms with van der Waals surface area (Å²) in [5.41, 5.74) is -0.646. The first-order valence-electron chi connectivity index (χ1n) is 6.34. The smallest absolute Gasteiger partial charge is 0.209 e. The third-order valence-electron chi connectivity index (χ3n) is 2.43. The Hall–Kier alpha value is -0.700. The number of thioether (sulfide) groups is 1. The van der Waals surface area contributed by atoms with Crippen LogP contribution in [0.1, 0.15) is 20.3 Å². The second-order valence-corrected chi connectivity index (χ2v) is 5.90. The van der Waals surface area contributed by atoms with Crippen LogP contribution in [0.3, 0.4) is 0 Å². The Bertz CT molecular complexity index is 353. The van der Waals surface area contributed by atoms with E-state index in [0.717, 1.165) is 30.5 Å². The summed E-state index contributed by atoms with van der Waals surface area (Å²) < 4.78 is 6.72. The zero-order valence-corrected chi connectivity index (χ0v) is 12.6. The molecule has 0 spiro atoms. The van der Waals surface area contributed by atoms with E-state index in [1.807, 2.05) is 0 Å². The first-order valence-corrected chi connectivity index (χ1v) is 7.32. The van der Waals surface area contributed by atoms with Crippen molar-refractivity contribution in [3.63, 3.8) is 0 Å². The highest BCUT2D eigenvalue weighted by Gasteiger charge is 2.13. The standard InChI is InChI=1S/C11H23N5O2S/c1-11(2,17)4-9-19-10-13-14-15-16(10)7-5-12-6-8-18-3/h12,17H,4-9H2,1-3H3. The molecule has 0 atom stereocenters. The van der Waals surface area contributed by atoms with Crippen molar-refractivity contribution in [2.45, 2.75) is 37.6 Å². The van der Waals surface area contributed by atoms with Gasteiger partial charge in [-0.3, -0.25) is 0 Å². The summed E-state index contributed by atoms with van der Waals surface area (Å²) in [5.74, 6) is 0.793. The van der Waals surface area contributed by atoms with Crippen LogP contribution >= 0.6 is 11.8 Å². The number of aliphatic hydroxyl groups is 1. The molecule has 0 aliphatic carbocycles. The summed E-state index contributed by atoms with van der Waals surface area (Å²) in [5, 5.41) is 25.3. The van der Waals surface area contributed by atoms with Gasteiger partial charge in [0.1, 0.15) is 0 Å². The van der Waals surface area contributed by atoms with E-state index in [4.69, 9.17) is 4.74 Å². The summed E-state index contributed by atoms with van der Waals surface area (Å²) in [6, 6.07) is 0. The van der Waals surface area contributed by atoms with E-state index in [0.29, 0.717) is 13.0 Å². The van der Waals surface area contributed by atoms with Gasteiger partial charge in [-0.25, -0.2) is 4.68 Å². The molecule has 0 aliphatic heterocycles. The van der Waals surface area contributed by atoms with E-state index < -0.39 is 5.60 Å². The van der Waals surface area contributed by atoms with Gasteiger partial charge in [0.25, 0.3) is 0 Å². The van der Waals surface area contributed by atoms with Gasteiger partial charge in [-0.05, 0) is 30.7 Å². The third-order valence-corrected chi connectivity index (χ3v) is 3.39. The molecule has 8 heteroatoms. The van der Waals surface area contributed by atoms with Crippen LogP contribution in [0.2, 0.25) is 0 Å². The number of ether oxygens (including phenoxy) is 1. The average Bonchev–Trinajstić information content (AvgIpc) is 2.75. The van der Waals surface area contributed by atoms with Crippen molar-refractivity contribution in [1.82, 2.24) is 25.5 Å². The fourth-order valence-corrected chi connectivity index (χ4v) is 2.47. The molecular formula is C11H23N5O2S. The fourth-order valence-electron chi connectivity index (χ4n) is 1.32. The van der Waals surface area contributed by atoms with Crippen molar-refractivity contribution in [2.24, 2.45) is 0 Å². The van der Waals surface area contributed by atoms with Crippen molar-refractivity contribution in [2.75, 3.05) is 32.6 Å². The average molecular weight is 289 g/mol. The number of rotatable bonds is 10. The first kappa shape index (κ1) is 16.4. The summed E-state index contributed by atoms with van der Waals surface area (Å²) in [6.07, 6.45) is 0.705. The van der Waals surface area contributed by atoms with Crippen molar-refractivity contribution in [3.8, 4) is 0 Å². The zero-order valence-electron chi connectivity index (χ0n) is 11.8. The molecule has 0 unspecified atom stereocenters. The number of hydrogen-bond donors (Lipinski definition) is 2. The topological polar surface area (TPSA) is 85.1 Å². The Morgan fingerprint density at radius 2 is 2.21 bits per heavy atom. The molecule has 0 bridgehead atoms. The lowest BCUT2D eigenvalue weighted by Crippen LogP contribution is -2.24. The molecule has 7 nitrogen and oxygen atoms in total. The van der Waals surface area contributed by atoms with Gasteiger partial charge in [-0.2, -0.15) is 0 Å². The van der Waals surface area contributed by atoms with Crippen LogP contribution in [0, 0.1) is 0 Å². The minimum atomic E-state index is -0.646. The molecule has 0 amide bonds. The highest BCUT2D eigenvalue weighted by Crippen LogP contribution is 2.18. The normalized spacial score (nSPS) is 12.0. The van der Waals surface area contributed by atoms with E-state index >= 15 is 0 Å². The van der Waals surface area contributed by atoms with Gasteiger partial charge < -0.3 is 15.2 Å². The molecule has 0 fully saturated rings. The minimum absolute atomic E-state index is 0.646. The van der Waals surface area contributed by atoms with Gasteiger partial charge >= 0.3 is 0 Å². The number of methoxy groups -OCH3 is 1. The molecule has 0 saturated carbocycles. The quantitative estimate of drug-likeness (QED) is 0.469. The lowest BCUT2D eigenvalue weighted by Gasteiger charge is -2.15. The summed E-state index contributed by atoms with van der Waals surface area (Å²) >= 11 is 1.56. The Kier molecular flexibility index (Phi) is 7.29. The molecule has 0 aliphatic rings. The van der Waals surface area contributed by atoms with Crippen molar-refractivity contribution < 1.29 is 9.84 Å². The van der Waals surface area contributed by atoms with Gasteiger partial charge in [0, 0.05) is 26.0 Å². The number of tetrazole rings is 1.